The third-order valence-electron chi connectivity index (χ3n) is 1.42. The van der Waals surface area contributed by atoms with Gasteiger partial charge in [-0.05, 0) is 15.9 Å². The number of hydrogen-bond donors (Lipinski definition) is 0. The standard InChI is InChI=1S/C6H7BrN2O3S/c1-8(12-2)6-4(9(10)11)3-5(7)13-6/h3H,1-2H3. The van der Waals surface area contributed by atoms with Crippen LogP contribution in [0.5, 0.6) is 0 Å². The Hall–Kier alpha value is -0.660. The van der Waals surface area contributed by atoms with Gasteiger partial charge in [0.1, 0.15) is 0 Å². The van der Waals surface area contributed by atoms with Gasteiger partial charge in [0, 0.05) is 13.1 Å². The molecule has 7 heteroatoms. The van der Waals surface area contributed by atoms with Crippen molar-refractivity contribution in [3.63, 3.8) is 0 Å². The molecule has 0 bridgehead atoms. The van der Waals surface area contributed by atoms with Crippen LogP contribution in [0.15, 0.2) is 9.85 Å². The van der Waals surface area contributed by atoms with Gasteiger partial charge in [-0.25, -0.2) is 5.06 Å². The summed E-state index contributed by atoms with van der Waals surface area (Å²) in [5.41, 5.74) is 0.0428. The molecule has 0 aromatic carbocycles. The molecule has 0 saturated carbocycles. The minimum atomic E-state index is -0.438. The first-order chi connectivity index (χ1) is 6.06. The molecule has 0 aliphatic heterocycles. The summed E-state index contributed by atoms with van der Waals surface area (Å²) >= 11 is 4.43. The fraction of sp³-hybridized carbons (Fsp3) is 0.333. The van der Waals surface area contributed by atoms with Crippen LogP contribution in [-0.4, -0.2) is 19.1 Å². The van der Waals surface area contributed by atoms with Gasteiger partial charge in [0.05, 0.1) is 15.8 Å². The van der Waals surface area contributed by atoms with Crippen molar-refractivity contribution in [1.29, 1.82) is 0 Å². The Kier molecular flexibility index (Phi) is 3.23. The summed E-state index contributed by atoms with van der Waals surface area (Å²) in [4.78, 5) is 15.0. The van der Waals surface area contributed by atoms with Gasteiger partial charge in [0.2, 0.25) is 0 Å². The minimum absolute atomic E-state index is 0.0428. The third kappa shape index (κ3) is 2.17. The molecular weight excluding hydrogens is 260 g/mol. The van der Waals surface area contributed by atoms with Crippen LogP contribution >= 0.6 is 27.3 Å². The first kappa shape index (κ1) is 10.4. The number of nitro groups is 1. The summed E-state index contributed by atoms with van der Waals surface area (Å²) < 4.78 is 0.707. The molecule has 0 aliphatic rings. The number of anilines is 1. The van der Waals surface area contributed by atoms with Crippen LogP contribution in [0.2, 0.25) is 0 Å². The zero-order valence-corrected chi connectivity index (χ0v) is 9.39. The second-order valence-electron chi connectivity index (χ2n) is 2.18. The van der Waals surface area contributed by atoms with Gasteiger partial charge in [-0.3, -0.25) is 15.0 Å². The topological polar surface area (TPSA) is 55.6 Å². The lowest BCUT2D eigenvalue weighted by atomic mass is 10.5. The molecule has 0 radical (unpaired) electrons. The maximum Gasteiger partial charge on any atom is 0.307 e. The van der Waals surface area contributed by atoms with Crippen molar-refractivity contribution < 1.29 is 9.76 Å². The summed E-state index contributed by atoms with van der Waals surface area (Å²) in [6.45, 7) is 0. The fourth-order valence-electron chi connectivity index (χ4n) is 0.783. The average molecular weight is 267 g/mol. The lowest BCUT2D eigenvalue weighted by Crippen LogP contribution is -2.14. The van der Waals surface area contributed by atoms with Crippen LogP contribution in [0.25, 0.3) is 0 Å². The van der Waals surface area contributed by atoms with Crippen LogP contribution in [0.3, 0.4) is 0 Å². The fourth-order valence-corrected chi connectivity index (χ4v) is 2.26. The molecule has 0 saturated heterocycles. The van der Waals surface area contributed by atoms with Gasteiger partial charge in [-0.2, -0.15) is 0 Å². The van der Waals surface area contributed by atoms with E-state index >= 15 is 0 Å². The SMILES string of the molecule is CON(C)c1sc(Br)cc1[N+](=O)[O-]. The molecule has 72 valence electrons. The van der Waals surface area contributed by atoms with E-state index in [9.17, 15) is 10.1 Å². The van der Waals surface area contributed by atoms with E-state index in [1.807, 2.05) is 0 Å². The molecule has 1 aromatic rings. The molecule has 13 heavy (non-hydrogen) atoms. The van der Waals surface area contributed by atoms with Gasteiger partial charge in [0.25, 0.3) is 0 Å². The van der Waals surface area contributed by atoms with Gasteiger partial charge in [-0.15, -0.1) is 11.3 Å². The predicted molar refractivity (Wildman–Crippen MR) is 54.1 cm³/mol. The highest BCUT2D eigenvalue weighted by molar-refractivity contribution is 9.11. The van der Waals surface area contributed by atoms with Crippen molar-refractivity contribution >= 4 is 38.0 Å². The van der Waals surface area contributed by atoms with E-state index in [-0.39, 0.29) is 5.69 Å². The molecule has 0 amide bonds. The Bertz CT molecular complexity index is 328. The Morgan fingerprint density at radius 1 is 1.77 bits per heavy atom. The van der Waals surface area contributed by atoms with E-state index < -0.39 is 4.92 Å². The summed E-state index contributed by atoms with van der Waals surface area (Å²) in [5, 5.41) is 12.4. The monoisotopic (exact) mass is 266 g/mol. The molecule has 0 fully saturated rings. The molecule has 0 atom stereocenters. The predicted octanol–water partition coefficient (Wildman–Crippen LogP) is 2.42. The number of halogens is 1. The van der Waals surface area contributed by atoms with Gasteiger partial charge >= 0.3 is 5.69 Å². The highest BCUT2D eigenvalue weighted by atomic mass is 79.9. The lowest BCUT2D eigenvalue weighted by Gasteiger charge is -2.11. The maximum atomic E-state index is 10.6. The highest BCUT2D eigenvalue weighted by Gasteiger charge is 2.21. The van der Waals surface area contributed by atoms with Gasteiger partial charge in [-0.1, -0.05) is 0 Å². The Balaban J connectivity index is 3.11. The molecule has 1 aromatic heterocycles. The molecule has 1 heterocycles. The quantitative estimate of drug-likeness (QED) is 0.623. The average Bonchev–Trinajstić information content (AvgIpc) is 2.46. The van der Waals surface area contributed by atoms with Gasteiger partial charge in [0.15, 0.2) is 5.00 Å². The van der Waals surface area contributed by atoms with E-state index in [0.717, 1.165) is 0 Å². The van der Waals surface area contributed by atoms with Crippen LogP contribution in [0.1, 0.15) is 0 Å². The van der Waals surface area contributed by atoms with E-state index in [4.69, 9.17) is 4.84 Å². The van der Waals surface area contributed by atoms with Crippen LogP contribution in [0, 0.1) is 10.1 Å². The number of thiophene rings is 1. The summed E-state index contributed by atoms with van der Waals surface area (Å²) in [6.07, 6.45) is 0. The second-order valence-corrected chi connectivity index (χ2v) is 4.59. The molecule has 5 nitrogen and oxygen atoms in total. The molecule has 0 spiro atoms. The lowest BCUT2D eigenvalue weighted by molar-refractivity contribution is -0.384. The van der Waals surface area contributed by atoms with E-state index in [1.54, 1.807) is 7.05 Å². The second kappa shape index (κ2) is 4.03. The zero-order valence-electron chi connectivity index (χ0n) is 6.98. The van der Waals surface area contributed by atoms with Crippen LogP contribution < -0.4 is 5.06 Å². The van der Waals surface area contributed by atoms with E-state index in [2.05, 4.69) is 15.9 Å². The molecule has 0 aliphatic carbocycles. The molecule has 0 unspecified atom stereocenters. The van der Waals surface area contributed by atoms with E-state index in [1.165, 1.54) is 29.6 Å². The summed E-state index contributed by atoms with van der Waals surface area (Å²) in [5.74, 6) is 0. The van der Waals surface area contributed by atoms with Crippen LogP contribution in [-0.2, 0) is 4.84 Å². The van der Waals surface area contributed by atoms with Crippen molar-refractivity contribution in [2.24, 2.45) is 0 Å². The minimum Gasteiger partial charge on any atom is -0.276 e. The zero-order chi connectivity index (χ0) is 10.0. The molecule has 0 N–H and O–H groups in total. The molecule has 1 rings (SSSR count). The number of rotatable bonds is 3. The van der Waals surface area contributed by atoms with E-state index in [0.29, 0.717) is 8.79 Å². The third-order valence-corrected chi connectivity index (χ3v) is 3.11. The summed E-state index contributed by atoms with van der Waals surface area (Å²) in [7, 11) is 3.07. The maximum absolute atomic E-state index is 10.6. The van der Waals surface area contributed by atoms with Crippen molar-refractivity contribution in [3.8, 4) is 0 Å². The Morgan fingerprint density at radius 3 is 2.85 bits per heavy atom. The normalized spacial score (nSPS) is 10.1. The number of nitrogens with zero attached hydrogens (tertiary/aromatic N) is 2. The van der Waals surface area contributed by atoms with Crippen molar-refractivity contribution in [1.82, 2.24) is 0 Å². The van der Waals surface area contributed by atoms with Crippen LogP contribution in [0.4, 0.5) is 10.7 Å². The van der Waals surface area contributed by atoms with Gasteiger partial charge < -0.3 is 0 Å². The largest absolute Gasteiger partial charge is 0.307 e. The van der Waals surface area contributed by atoms with Crippen molar-refractivity contribution in [2.75, 3.05) is 19.2 Å². The smallest absolute Gasteiger partial charge is 0.276 e. The first-order valence-corrected chi connectivity index (χ1v) is 4.88. The highest BCUT2D eigenvalue weighted by Crippen LogP contribution is 2.39. The van der Waals surface area contributed by atoms with Crippen molar-refractivity contribution in [2.45, 2.75) is 0 Å². The van der Waals surface area contributed by atoms with Crippen molar-refractivity contribution in [3.05, 3.63) is 20.0 Å². The summed E-state index contributed by atoms with van der Waals surface area (Å²) in [6, 6.07) is 1.45. The first-order valence-electron chi connectivity index (χ1n) is 3.27. The Morgan fingerprint density at radius 2 is 2.38 bits per heavy atom. The number of hydroxylamine groups is 1. The number of hydrogen-bond acceptors (Lipinski definition) is 5. The molecular formula is C6H7BrN2O3S. The Labute approximate surface area is 87.1 Å².